The first kappa shape index (κ1) is 9.21. The minimum atomic E-state index is -0.569. The number of rotatable bonds is 0. The normalized spacial score (nSPS) is 21.3. The molecule has 0 radical (unpaired) electrons. The van der Waals surface area contributed by atoms with Gasteiger partial charge in [-0.05, 0) is 37.5 Å². The van der Waals surface area contributed by atoms with Crippen molar-refractivity contribution in [2.45, 2.75) is 24.9 Å². The van der Waals surface area contributed by atoms with Crippen LogP contribution in [0.1, 0.15) is 19.3 Å². The van der Waals surface area contributed by atoms with Crippen LogP contribution >= 0.6 is 15.9 Å². The summed E-state index contributed by atoms with van der Waals surface area (Å²) in [5, 5.41) is 2.90. The molecule has 1 N–H and O–H groups in total. The van der Waals surface area contributed by atoms with Crippen LogP contribution in [-0.2, 0) is 4.79 Å². The molecule has 1 spiro atoms. The van der Waals surface area contributed by atoms with Crippen LogP contribution in [0.4, 0.5) is 5.69 Å². The smallest absolute Gasteiger partial charge is 0.268 e. The minimum absolute atomic E-state index is 0.000602. The van der Waals surface area contributed by atoms with E-state index in [1.54, 1.807) is 0 Å². The van der Waals surface area contributed by atoms with E-state index in [9.17, 15) is 4.79 Å². The molecule has 0 aromatic heterocycles. The lowest BCUT2D eigenvalue weighted by atomic mass is 9.78. The molecule has 15 heavy (non-hydrogen) atoms. The van der Waals surface area contributed by atoms with Crippen LogP contribution in [-0.4, -0.2) is 11.5 Å². The number of fused-ring (bicyclic) bond motifs is 1. The molecule has 0 bridgehead atoms. The van der Waals surface area contributed by atoms with Gasteiger partial charge in [0.1, 0.15) is 5.75 Å². The molecule has 1 saturated carbocycles. The Balaban J connectivity index is 2.02. The van der Waals surface area contributed by atoms with Gasteiger partial charge in [0.25, 0.3) is 5.91 Å². The average molecular weight is 268 g/mol. The van der Waals surface area contributed by atoms with Crippen molar-refractivity contribution in [3.05, 3.63) is 22.7 Å². The lowest BCUT2D eigenvalue weighted by Gasteiger charge is -2.43. The Bertz CT molecular complexity index is 440. The highest BCUT2D eigenvalue weighted by molar-refractivity contribution is 9.10. The monoisotopic (exact) mass is 267 g/mol. The van der Waals surface area contributed by atoms with Crippen LogP contribution in [0.2, 0.25) is 0 Å². The van der Waals surface area contributed by atoms with Crippen LogP contribution in [0.15, 0.2) is 22.7 Å². The lowest BCUT2D eigenvalue weighted by molar-refractivity contribution is -0.139. The maximum atomic E-state index is 11.8. The number of ether oxygens (including phenoxy) is 1. The summed E-state index contributed by atoms with van der Waals surface area (Å²) in [6.07, 6.45) is 2.72. The Hall–Kier alpha value is -1.03. The van der Waals surface area contributed by atoms with Crippen LogP contribution in [0, 0.1) is 0 Å². The summed E-state index contributed by atoms with van der Waals surface area (Å²) in [5.41, 5.74) is 0.188. The SMILES string of the molecule is O=C1Nc2cc(Br)ccc2OC12CCC2. The zero-order chi connectivity index (χ0) is 10.5. The molecule has 1 aliphatic heterocycles. The van der Waals surface area contributed by atoms with Crippen molar-refractivity contribution in [3.8, 4) is 5.75 Å². The predicted octanol–water partition coefficient (Wildman–Crippen LogP) is 2.70. The fourth-order valence-corrected chi connectivity index (χ4v) is 2.37. The van der Waals surface area contributed by atoms with Gasteiger partial charge in [0.05, 0.1) is 5.69 Å². The molecule has 3 rings (SSSR count). The summed E-state index contributed by atoms with van der Waals surface area (Å²) in [6, 6.07) is 5.67. The van der Waals surface area contributed by atoms with Crippen molar-refractivity contribution in [1.82, 2.24) is 0 Å². The Labute approximate surface area is 95.9 Å². The Morgan fingerprint density at radius 2 is 2.20 bits per heavy atom. The molecule has 1 aliphatic carbocycles. The number of hydrogen-bond donors (Lipinski definition) is 1. The van der Waals surface area contributed by atoms with Crippen molar-refractivity contribution in [3.63, 3.8) is 0 Å². The molecule has 1 amide bonds. The summed E-state index contributed by atoms with van der Waals surface area (Å²) in [4.78, 5) is 11.8. The van der Waals surface area contributed by atoms with Gasteiger partial charge < -0.3 is 10.1 Å². The summed E-state index contributed by atoms with van der Waals surface area (Å²) >= 11 is 3.36. The van der Waals surface area contributed by atoms with Gasteiger partial charge in [0, 0.05) is 4.47 Å². The molecular formula is C11H10BrNO2. The van der Waals surface area contributed by atoms with E-state index in [1.165, 1.54) is 0 Å². The molecule has 78 valence electrons. The third-order valence-corrected chi connectivity index (χ3v) is 3.56. The number of nitrogens with one attached hydrogen (secondary N) is 1. The molecule has 1 fully saturated rings. The third kappa shape index (κ3) is 1.28. The van der Waals surface area contributed by atoms with Gasteiger partial charge in [0.15, 0.2) is 5.60 Å². The third-order valence-electron chi connectivity index (χ3n) is 3.07. The number of carbonyl (C=O) groups is 1. The number of carbonyl (C=O) groups excluding carboxylic acids is 1. The number of halogens is 1. The Morgan fingerprint density at radius 1 is 1.40 bits per heavy atom. The first-order valence-electron chi connectivity index (χ1n) is 5.00. The van der Waals surface area contributed by atoms with E-state index in [1.807, 2.05) is 18.2 Å². The summed E-state index contributed by atoms with van der Waals surface area (Å²) in [7, 11) is 0. The van der Waals surface area contributed by atoms with E-state index in [2.05, 4.69) is 21.2 Å². The second-order valence-corrected chi connectivity index (χ2v) is 4.96. The molecule has 4 heteroatoms. The van der Waals surface area contributed by atoms with E-state index in [0.29, 0.717) is 0 Å². The van der Waals surface area contributed by atoms with Gasteiger partial charge in [-0.15, -0.1) is 0 Å². The van der Waals surface area contributed by atoms with Gasteiger partial charge in [-0.1, -0.05) is 15.9 Å². The van der Waals surface area contributed by atoms with E-state index in [0.717, 1.165) is 35.2 Å². The van der Waals surface area contributed by atoms with E-state index in [-0.39, 0.29) is 5.91 Å². The maximum absolute atomic E-state index is 11.8. The predicted molar refractivity (Wildman–Crippen MR) is 60.0 cm³/mol. The second kappa shape index (κ2) is 2.98. The molecular weight excluding hydrogens is 258 g/mol. The first-order valence-corrected chi connectivity index (χ1v) is 5.79. The zero-order valence-corrected chi connectivity index (χ0v) is 9.63. The highest BCUT2D eigenvalue weighted by Gasteiger charge is 2.49. The first-order chi connectivity index (χ1) is 7.20. The lowest BCUT2D eigenvalue weighted by Crippen LogP contribution is -2.55. The number of benzene rings is 1. The fourth-order valence-electron chi connectivity index (χ4n) is 2.01. The van der Waals surface area contributed by atoms with Crippen molar-refractivity contribution >= 4 is 27.5 Å². The van der Waals surface area contributed by atoms with Crippen molar-refractivity contribution in [1.29, 1.82) is 0 Å². The number of amides is 1. The van der Waals surface area contributed by atoms with Gasteiger partial charge in [0.2, 0.25) is 0 Å². The van der Waals surface area contributed by atoms with Gasteiger partial charge in [-0.2, -0.15) is 0 Å². The highest BCUT2D eigenvalue weighted by atomic mass is 79.9. The highest BCUT2D eigenvalue weighted by Crippen LogP contribution is 2.44. The van der Waals surface area contributed by atoms with Crippen molar-refractivity contribution < 1.29 is 9.53 Å². The standard InChI is InChI=1S/C11H10BrNO2/c12-7-2-3-9-8(6-7)13-10(14)11(15-9)4-1-5-11/h2-3,6H,1,4-5H2,(H,13,14). The van der Waals surface area contributed by atoms with Gasteiger partial charge >= 0.3 is 0 Å². The van der Waals surface area contributed by atoms with E-state index in [4.69, 9.17) is 4.74 Å². The Kier molecular flexibility index (Phi) is 1.83. The quantitative estimate of drug-likeness (QED) is 0.785. The summed E-state index contributed by atoms with van der Waals surface area (Å²) in [6.45, 7) is 0. The zero-order valence-electron chi connectivity index (χ0n) is 8.05. The van der Waals surface area contributed by atoms with Crippen molar-refractivity contribution in [2.24, 2.45) is 0 Å². The number of hydrogen-bond acceptors (Lipinski definition) is 2. The Morgan fingerprint density at radius 3 is 2.87 bits per heavy atom. The van der Waals surface area contributed by atoms with Crippen LogP contribution in [0.5, 0.6) is 5.75 Å². The molecule has 1 aromatic carbocycles. The molecule has 1 heterocycles. The second-order valence-electron chi connectivity index (χ2n) is 4.04. The van der Waals surface area contributed by atoms with Crippen LogP contribution in [0.3, 0.4) is 0 Å². The molecule has 0 saturated heterocycles. The summed E-state index contributed by atoms with van der Waals surface area (Å²) in [5.74, 6) is 0.775. The molecule has 2 aliphatic rings. The minimum Gasteiger partial charge on any atom is -0.475 e. The average Bonchev–Trinajstić information content (AvgIpc) is 2.14. The van der Waals surface area contributed by atoms with Crippen LogP contribution in [0.25, 0.3) is 0 Å². The van der Waals surface area contributed by atoms with Gasteiger partial charge in [-0.25, -0.2) is 0 Å². The van der Waals surface area contributed by atoms with E-state index >= 15 is 0 Å². The van der Waals surface area contributed by atoms with Crippen molar-refractivity contribution in [2.75, 3.05) is 5.32 Å². The summed E-state index contributed by atoms with van der Waals surface area (Å²) < 4.78 is 6.73. The fraction of sp³-hybridized carbons (Fsp3) is 0.364. The maximum Gasteiger partial charge on any atom is 0.268 e. The van der Waals surface area contributed by atoms with Crippen LogP contribution < -0.4 is 10.1 Å². The van der Waals surface area contributed by atoms with Gasteiger partial charge in [-0.3, -0.25) is 4.79 Å². The molecule has 3 nitrogen and oxygen atoms in total. The van der Waals surface area contributed by atoms with E-state index < -0.39 is 5.60 Å². The molecule has 1 aromatic rings. The number of anilines is 1. The molecule has 0 unspecified atom stereocenters. The molecule has 0 atom stereocenters. The topological polar surface area (TPSA) is 38.3 Å². The largest absolute Gasteiger partial charge is 0.475 e.